The second kappa shape index (κ2) is 4.97. The normalized spacial score (nSPS) is 11.9. The monoisotopic (exact) mass is 258 g/mol. The first kappa shape index (κ1) is 11.0. The molecule has 0 aliphatic carbocycles. The number of hydrogen-bond donors (Lipinski definition) is 2. The number of nitrogens with two attached hydrogens (primary N) is 1. The Hall–Kier alpha value is -1.07. The molecule has 1 rings (SSSR count). The van der Waals surface area contributed by atoms with Crippen LogP contribution in [0.5, 0.6) is 5.75 Å². The van der Waals surface area contributed by atoms with Gasteiger partial charge in [0.25, 0.3) is 5.91 Å². The zero-order valence-electron chi connectivity index (χ0n) is 7.66. The van der Waals surface area contributed by atoms with Crippen molar-refractivity contribution in [2.45, 2.75) is 13.0 Å². The molecule has 3 N–H and O–H groups in total. The maximum absolute atomic E-state index is 11.0. The zero-order chi connectivity index (χ0) is 10.6. The average Bonchev–Trinajstić information content (AvgIpc) is 2.20. The molecule has 76 valence electrons. The van der Waals surface area contributed by atoms with Crippen molar-refractivity contribution in [3.8, 4) is 5.75 Å². The molecule has 0 saturated heterocycles. The highest BCUT2D eigenvalue weighted by atomic mass is 79.9. The molecule has 0 unspecified atom stereocenters. The Morgan fingerprint density at radius 2 is 2.07 bits per heavy atom. The predicted molar refractivity (Wildman–Crippen MR) is 56.6 cm³/mol. The molecule has 1 amide bonds. The van der Waals surface area contributed by atoms with Gasteiger partial charge in [-0.2, -0.15) is 0 Å². The van der Waals surface area contributed by atoms with Crippen LogP contribution < -0.4 is 16.0 Å². The SMILES string of the molecule is C[C@H](Oc1ccc(Br)cc1)C(=O)NN. The van der Waals surface area contributed by atoms with Crippen LogP contribution in [0.4, 0.5) is 0 Å². The van der Waals surface area contributed by atoms with Gasteiger partial charge in [-0.25, -0.2) is 5.84 Å². The zero-order valence-corrected chi connectivity index (χ0v) is 9.24. The molecule has 0 saturated carbocycles. The van der Waals surface area contributed by atoms with E-state index in [4.69, 9.17) is 10.6 Å². The van der Waals surface area contributed by atoms with E-state index in [9.17, 15) is 4.79 Å². The van der Waals surface area contributed by atoms with E-state index in [0.717, 1.165) is 4.47 Å². The van der Waals surface area contributed by atoms with E-state index in [-0.39, 0.29) is 5.91 Å². The summed E-state index contributed by atoms with van der Waals surface area (Å²) in [5.74, 6) is 5.24. The third-order valence-electron chi connectivity index (χ3n) is 1.64. The van der Waals surface area contributed by atoms with Crippen LogP contribution >= 0.6 is 15.9 Å². The number of amides is 1. The molecule has 1 aromatic carbocycles. The van der Waals surface area contributed by atoms with Crippen molar-refractivity contribution in [3.05, 3.63) is 28.7 Å². The van der Waals surface area contributed by atoms with E-state index in [1.807, 2.05) is 17.6 Å². The molecule has 0 aliphatic heterocycles. The van der Waals surface area contributed by atoms with Crippen LogP contribution in [-0.2, 0) is 4.79 Å². The molecular weight excluding hydrogens is 248 g/mol. The summed E-state index contributed by atoms with van der Waals surface area (Å²) in [6, 6.07) is 7.21. The maximum Gasteiger partial charge on any atom is 0.274 e. The van der Waals surface area contributed by atoms with Crippen LogP contribution in [0.3, 0.4) is 0 Å². The predicted octanol–water partition coefficient (Wildman–Crippen LogP) is 1.21. The largest absolute Gasteiger partial charge is 0.481 e. The smallest absolute Gasteiger partial charge is 0.274 e. The molecule has 1 aromatic rings. The number of hydrazine groups is 1. The first-order valence-corrected chi connectivity index (χ1v) is 4.85. The van der Waals surface area contributed by atoms with Crippen molar-refractivity contribution < 1.29 is 9.53 Å². The molecule has 4 nitrogen and oxygen atoms in total. The second-order valence-corrected chi connectivity index (χ2v) is 3.64. The van der Waals surface area contributed by atoms with Crippen molar-refractivity contribution in [2.75, 3.05) is 0 Å². The molecule has 0 heterocycles. The lowest BCUT2D eigenvalue weighted by atomic mass is 10.3. The van der Waals surface area contributed by atoms with E-state index in [2.05, 4.69) is 15.9 Å². The number of benzene rings is 1. The highest BCUT2D eigenvalue weighted by Crippen LogP contribution is 2.17. The molecule has 0 aromatic heterocycles. The van der Waals surface area contributed by atoms with Gasteiger partial charge in [0.2, 0.25) is 0 Å². The number of hydrogen-bond acceptors (Lipinski definition) is 3. The Labute approximate surface area is 90.5 Å². The van der Waals surface area contributed by atoms with Crippen LogP contribution in [0.1, 0.15) is 6.92 Å². The molecular formula is C9H11BrN2O2. The summed E-state index contributed by atoms with van der Waals surface area (Å²) in [7, 11) is 0. The molecule has 0 aliphatic rings. The topological polar surface area (TPSA) is 64.3 Å². The molecule has 1 atom stereocenters. The van der Waals surface area contributed by atoms with Crippen LogP contribution in [-0.4, -0.2) is 12.0 Å². The van der Waals surface area contributed by atoms with E-state index in [1.54, 1.807) is 19.1 Å². The molecule has 0 fully saturated rings. The van der Waals surface area contributed by atoms with Crippen molar-refractivity contribution in [3.63, 3.8) is 0 Å². The fraction of sp³-hybridized carbons (Fsp3) is 0.222. The summed E-state index contributed by atoms with van der Waals surface area (Å²) in [6.45, 7) is 1.63. The van der Waals surface area contributed by atoms with E-state index < -0.39 is 6.10 Å². The molecule has 5 heteroatoms. The van der Waals surface area contributed by atoms with Gasteiger partial charge < -0.3 is 4.74 Å². The molecule has 14 heavy (non-hydrogen) atoms. The fourth-order valence-electron chi connectivity index (χ4n) is 0.888. The van der Waals surface area contributed by atoms with Crippen molar-refractivity contribution in [2.24, 2.45) is 5.84 Å². The first-order valence-electron chi connectivity index (χ1n) is 4.06. The third-order valence-corrected chi connectivity index (χ3v) is 2.17. The van der Waals surface area contributed by atoms with Crippen molar-refractivity contribution in [1.82, 2.24) is 5.43 Å². The Balaban J connectivity index is 2.60. The maximum atomic E-state index is 11.0. The van der Waals surface area contributed by atoms with E-state index in [0.29, 0.717) is 5.75 Å². The summed E-state index contributed by atoms with van der Waals surface area (Å²) in [5, 5.41) is 0. The van der Waals surface area contributed by atoms with Gasteiger partial charge in [0, 0.05) is 4.47 Å². The Morgan fingerprint density at radius 3 is 2.57 bits per heavy atom. The molecule has 0 radical (unpaired) electrons. The molecule has 0 spiro atoms. The van der Waals surface area contributed by atoms with Crippen LogP contribution in [0.25, 0.3) is 0 Å². The number of ether oxygens (including phenoxy) is 1. The average molecular weight is 259 g/mol. The van der Waals surface area contributed by atoms with Gasteiger partial charge in [-0.3, -0.25) is 10.2 Å². The number of halogens is 1. The minimum atomic E-state index is -0.596. The summed E-state index contributed by atoms with van der Waals surface area (Å²) in [4.78, 5) is 11.0. The van der Waals surface area contributed by atoms with Gasteiger partial charge in [0.05, 0.1) is 0 Å². The van der Waals surface area contributed by atoms with Gasteiger partial charge in [0.1, 0.15) is 5.75 Å². The lowest BCUT2D eigenvalue weighted by molar-refractivity contribution is -0.127. The van der Waals surface area contributed by atoms with Crippen molar-refractivity contribution >= 4 is 21.8 Å². The quantitative estimate of drug-likeness (QED) is 0.487. The highest BCUT2D eigenvalue weighted by molar-refractivity contribution is 9.10. The van der Waals surface area contributed by atoms with Crippen LogP contribution in [0, 0.1) is 0 Å². The number of nitrogens with one attached hydrogen (secondary N) is 1. The standard InChI is InChI=1S/C9H11BrN2O2/c1-6(9(13)12-11)14-8-4-2-7(10)3-5-8/h2-6H,11H2,1H3,(H,12,13)/t6-/m0/s1. The summed E-state index contributed by atoms with van der Waals surface area (Å²) in [5.41, 5.74) is 2.02. The fourth-order valence-corrected chi connectivity index (χ4v) is 1.15. The number of carbonyl (C=O) groups excluding carboxylic acids is 1. The number of rotatable bonds is 3. The van der Waals surface area contributed by atoms with E-state index in [1.165, 1.54) is 0 Å². The molecule has 0 bridgehead atoms. The highest BCUT2D eigenvalue weighted by Gasteiger charge is 2.12. The van der Waals surface area contributed by atoms with Crippen molar-refractivity contribution in [1.29, 1.82) is 0 Å². The summed E-state index contributed by atoms with van der Waals surface area (Å²) < 4.78 is 6.27. The second-order valence-electron chi connectivity index (χ2n) is 2.72. The summed E-state index contributed by atoms with van der Waals surface area (Å²) >= 11 is 3.30. The minimum Gasteiger partial charge on any atom is -0.481 e. The van der Waals surface area contributed by atoms with Gasteiger partial charge in [-0.15, -0.1) is 0 Å². The Bertz CT molecular complexity index is 313. The summed E-state index contributed by atoms with van der Waals surface area (Å²) in [6.07, 6.45) is -0.596. The Morgan fingerprint density at radius 1 is 1.50 bits per heavy atom. The van der Waals surface area contributed by atoms with Crippen LogP contribution in [0.2, 0.25) is 0 Å². The van der Waals surface area contributed by atoms with Gasteiger partial charge >= 0.3 is 0 Å². The van der Waals surface area contributed by atoms with Gasteiger partial charge in [-0.05, 0) is 31.2 Å². The van der Waals surface area contributed by atoms with Gasteiger partial charge in [0.15, 0.2) is 6.10 Å². The Kier molecular flexibility index (Phi) is 3.91. The first-order chi connectivity index (χ1) is 6.63. The van der Waals surface area contributed by atoms with Gasteiger partial charge in [-0.1, -0.05) is 15.9 Å². The van der Waals surface area contributed by atoms with E-state index >= 15 is 0 Å². The minimum absolute atomic E-state index is 0.354. The third kappa shape index (κ3) is 3.01. The number of carbonyl (C=O) groups is 1. The lowest BCUT2D eigenvalue weighted by Gasteiger charge is -2.12. The lowest BCUT2D eigenvalue weighted by Crippen LogP contribution is -2.40. The van der Waals surface area contributed by atoms with Crippen LogP contribution in [0.15, 0.2) is 28.7 Å².